The van der Waals surface area contributed by atoms with Gasteiger partial charge in [0.05, 0.1) is 11.3 Å². The summed E-state index contributed by atoms with van der Waals surface area (Å²) >= 11 is 0. The zero-order chi connectivity index (χ0) is 13.0. The van der Waals surface area contributed by atoms with Crippen molar-refractivity contribution >= 4 is 5.78 Å². The van der Waals surface area contributed by atoms with Crippen LogP contribution in [0.2, 0.25) is 0 Å². The summed E-state index contributed by atoms with van der Waals surface area (Å²) in [7, 11) is 0. The van der Waals surface area contributed by atoms with Gasteiger partial charge < -0.3 is 4.90 Å². The molecule has 0 spiro atoms. The number of Topliss-reactive ketones (excluding diaryl/α,β-unsaturated/α-hetero) is 1. The smallest absolute Gasteiger partial charge is 0.166 e. The van der Waals surface area contributed by atoms with Gasteiger partial charge in [-0.05, 0) is 25.9 Å². The number of ketones is 1. The van der Waals surface area contributed by atoms with E-state index >= 15 is 0 Å². The van der Waals surface area contributed by atoms with Crippen molar-refractivity contribution in [3.63, 3.8) is 0 Å². The van der Waals surface area contributed by atoms with Gasteiger partial charge in [0.25, 0.3) is 0 Å². The Morgan fingerprint density at radius 1 is 1.28 bits per heavy atom. The number of carbonyl (C=O) groups is 1. The topological polar surface area (TPSA) is 46.1 Å². The third kappa shape index (κ3) is 2.93. The van der Waals surface area contributed by atoms with Crippen LogP contribution in [-0.2, 0) is 12.8 Å². The Morgan fingerprint density at radius 2 is 2.06 bits per heavy atom. The van der Waals surface area contributed by atoms with Gasteiger partial charge in [-0.1, -0.05) is 13.8 Å². The molecule has 1 aliphatic rings. The van der Waals surface area contributed by atoms with Gasteiger partial charge in [-0.25, -0.2) is 9.97 Å². The standard InChI is InChI=1S/C14H21N3O/c1-3-17(4-2)9-8-14-15-10-11-12(16-14)6-5-7-13(11)18/h10H,3-9H2,1-2H3. The summed E-state index contributed by atoms with van der Waals surface area (Å²) in [5.74, 6) is 1.07. The Kier molecular flexibility index (Phi) is 4.42. The van der Waals surface area contributed by atoms with E-state index in [1.54, 1.807) is 6.20 Å². The SMILES string of the molecule is CCN(CC)CCc1ncc2c(n1)CCCC2=O. The average Bonchev–Trinajstić information content (AvgIpc) is 2.40. The van der Waals surface area contributed by atoms with Gasteiger partial charge in [-0.2, -0.15) is 0 Å². The molecule has 0 aromatic carbocycles. The molecule has 0 aliphatic heterocycles. The molecule has 2 rings (SSSR count). The third-order valence-corrected chi connectivity index (χ3v) is 3.58. The minimum atomic E-state index is 0.201. The van der Waals surface area contributed by atoms with E-state index in [4.69, 9.17) is 0 Å². The van der Waals surface area contributed by atoms with Gasteiger partial charge >= 0.3 is 0 Å². The van der Waals surface area contributed by atoms with Crippen molar-refractivity contribution in [2.24, 2.45) is 0 Å². The second kappa shape index (κ2) is 6.05. The Balaban J connectivity index is 2.05. The molecule has 0 fully saturated rings. The van der Waals surface area contributed by atoms with Crippen molar-refractivity contribution in [3.8, 4) is 0 Å². The maximum atomic E-state index is 11.7. The van der Waals surface area contributed by atoms with Gasteiger partial charge in [0, 0.05) is 25.6 Å². The van der Waals surface area contributed by atoms with Crippen LogP contribution in [0, 0.1) is 0 Å². The van der Waals surface area contributed by atoms with Crippen LogP contribution in [0.1, 0.15) is 48.6 Å². The highest BCUT2D eigenvalue weighted by Crippen LogP contribution is 2.18. The van der Waals surface area contributed by atoms with E-state index in [-0.39, 0.29) is 5.78 Å². The van der Waals surface area contributed by atoms with Crippen LogP contribution in [-0.4, -0.2) is 40.3 Å². The summed E-state index contributed by atoms with van der Waals surface area (Å²) in [5.41, 5.74) is 1.70. The first-order chi connectivity index (χ1) is 8.74. The molecule has 98 valence electrons. The van der Waals surface area contributed by atoms with Crippen LogP contribution in [0.3, 0.4) is 0 Å². The molecule has 0 radical (unpaired) electrons. The number of hydrogen-bond donors (Lipinski definition) is 0. The van der Waals surface area contributed by atoms with Gasteiger partial charge in [-0.15, -0.1) is 0 Å². The Morgan fingerprint density at radius 3 is 2.78 bits per heavy atom. The van der Waals surface area contributed by atoms with Crippen LogP contribution in [0.5, 0.6) is 0 Å². The predicted octanol–water partition coefficient (Wildman–Crippen LogP) is 1.88. The van der Waals surface area contributed by atoms with E-state index in [1.807, 2.05) is 0 Å². The molecule has 4 heteroatoms. The van der Waals surface area contributed by atoms with E-state index in [0.29, 0.717) is 6.42 Å². The molecule has 0 N–H and O–H groups in total. The van der Waals surface area contributed by atoms with Crippen molar-refractivity contribution in [1.29, 1.82) is 0 Å². The summed E-state index contributed by atoms with van der Waals surface area (Å²) in [5, 5.41) is 0. The van der Waals surface area contributed by atoms with E-state index in [9.17, 15) is 4.79 Å². The first-order valence-corrected chi connectivity index (χ1v) is 6.85. The minimum absolute atomic E-state index is 0.201. The molecule has 0 atom stereocenters. The van der Waals surface area contributed by atoms with Crippen molar-refractivity contribution in [2.75, 3.05) is 19.6 Å². The summed E-state index contributed by atoms with van der Waals surface area (Å²) in [6.07, 6.45) is 5.08. The number of likely N-dealkylation sites (N-methyl/N-ethyl adjacent to an activating group) is 1. The largest absolute Gasteiger partial charge is 0.303 e. The first-order valence-electron chi connectivity index (χ1n) is 6.85. The number of rotatable bonds is 5. The molecule has 1 aromatic heterocycles. The zero-order valence-corrected chi connectivity index (χ0v) is 11.3. The number of hydrogen-bond acceptors (Lipinski definition) is 4. The lowest BCUT2D eigenvalue weighted by molar-refractivity contribution is 0.0971. The molecule has 0 amide bonds. The summed E-state index contributed by atoms with van der Waals surface area (Å²) in [6, 6.07) is 0. The minimum Gasteiger partial charge on any atom is -0.303 e. The fourth-order valence-electron chi connectivity index (χ4n) is 2.35. The van der Waals surface area contributed by atoms with Crippen LogP contribution in [0.4, 0.5) is 0 Å². The molecule has 0 bridgehead atoms. The lowest BCUT2D eigenvalue weighted by Gasteiger charge is -2.18. The van der Waals surface area contributed by atoms with Gasteiger partial charge in [-0.3, -0.25) is 4.79 Å². The van der Waals surface area contributed by atoms with Gasteiger partial charge in [0.15, 0.2) is 5.78 Å². The average molecular weight is 247 g/mol. The van der Waals surface area contributed by atoms with E-state index in [0.717, 1.165) is 56.0 Å². The first kappa shape index (κ1) is 13.1. The van der Waals surface area contributed by atoms with Gasteiger partial charge in [0.1, 0.15) is 5.82 Å². The van der Waals surface area contributed by atoms with Crippen LogP contribution in [0.25, 0.3) is 0 Å². The lowest BCUT2D eigenvalue weighted by Crippen LogP contribution is -2.26. The molecule has 1 aliphatic carbocycles. The molecule has 1 heterocycles. The molecule has 0 saturated carbocycles. The van der Waals surface area contributed by atoms with Crippen molar-refractivity contribution < 1.29 is 4.79 Å². The second-order valence-electron chi connectivity index (χ2n) is 4.70. The molecule has 18 heavy (non-hydrogen) atoms. The van der Waals surface area contributed by atoms with Crippen LogP contribution >= 0.6 is 0 Å². The Hall–Kier alpha value is -1.29. The van der Waals surface area contributed by atoms with E-state index < -0.39 is 0 Å². The second-order valence-corrected chi connectivity index (χ2v) is 4.70. The fourth-order valence-corrected chi connectivity index (χ4v) is 2.35. The molecule has 4 nitrogen and oxygen atoms in total. The number of nitrogens with zero attached hydrogens (tertiary/aromatic N) is 3. The highest BCUT2D eigenvalue weighted by atomic mass is 16.1. The summed E-state index contributed by atoms with van der Waals surface area (Å²) in [6.45, 7) is 7.42. The monoisotopic (exact) mass is 247 g/mol. The number of aromatic nitrogens is 2. The van der Waals surface area contributed by atoms with E-state index in [1.165, 1.54) is 0 Å². The molecular weight excluding hydrogens is 226 g/mol. The predicted molar refractivity (Wildman–Crippen MR) is 70.8 cm³/mol. The van der Waals surface area contributed by atoms with Crippen molar-refractivity contribution in [2.45, 2.75) is 39.5 Å². The highest BCUT2D eigenvalue weighted by molar-refractivity contribution is 5.97. The molecule has 0 saturated heterocycles. The maximum absolute atomic E-state index is 11.7. The fraction of sp³-hybridized carbons (Fsp3) is 0.643. The highest BCUT2D eigenvalue weighted by Gasteiger charge is 2.19. The maximum Gasteiger partial charge on any atom is 0.166 e. The third-order valence-electron chi connectivity index (χ3n) is 3.58. The zero-order valence-electron chi connectivity index (χ0n) is 11.3. The summed E-state index contributed by atoms with van der Waals surface area (Å²) in [4.78, 5) is 22.9. The number of fused-ring (bicyclic) bond motifs is 1. The summed E-state index contributed by atoms with van der Waals surface area (Å²) < 4.78 is 0. The van der Waals surface area contributed by atoms with Crippen LogP contribution in [0.15, 0.2) is 6.20 Å². The van der Waals surface area contributed by atoms with Gasteiger partial charge in [0.2, 0.25) is 0 Å². The van der Waals surface area contributed by atoms with E-state index in [2.05, 4.69) is 28.7 Å². The number of aryl methyl sites for hydroxylation is 1. The number of carbonyl (C=O) groups excluding carboxylic acids is 1. The normalized spacial score (nSPS) is 14.9. The Labute approximate surface area is 108 Å². The Bertz CT molecular complexity index is 427. The quantitative estimate of drug-likeness (QED) is 0.797. The van der Waals surface area contributed by atoms with Crippen LogP contribution < -0.4 is 0 Å². The molecular formula is C14H21N3O. The van der Waals surface area contributed by atoms with Crippen molar-refractivity contribution in [3.05, 3.63) is 23.3 Å². The van der Waals surface area contributed by atoms with Crippen molar-refractivity contribution in [1.82, 2.24) is 14.9 Å². The lowest BCUT2D eigenvalue weighted by atomic mass is 9.96. The molecule has 0 unspecified atom stereocenters. The molecule has 1 aromatic rings.